The second-order valence-electron chi connectivity index (χ2n) is 3.52. The first-order chi connectivity index (χ1) is 6.04. The minimum Gasteiger partial charge on any atom is -0.393 e. The monoisotopic (exact) mass is 188 g/mol. The number of amides is 1. The molecule has 0 aliphatic carbocycles. The van der Waals surface area contributed by atoms with Crippen LogP contribution in [0.3, 0.4) is 0 Å². The fourth-order valence-electron chi connectivity index (χ4n) is 1.71. The Labute approximate surface area is 76.9 Å². The van der Waals surface area contributed by atoms with E-state index in [1.54, 1.807) is 6.92 Å². The van der Waals surface area contributed by atoms with Gasteiger partial charge < -0.3 is 15.9 Å². The molecule has 1 aliphatic heterocycles. The van der Waals surface area contributed by atoms with Crippen LogP contribution in [0.5, 0.6) is 0 Å². The van der Waals surface area contributed by atoms with Gasteiger partial charge in [-0.05, 0) is 13.0 Å². The van der Waals surface area contributed by atoms with Crippen molar-refractivity contribution in [1.82, 2.24) is 5.32 Å². The van der Waals surface area contributed by atoms with Crippen LogP contribution in [0.15, 0.2) is 0 Å². The lowest BCUT2D eigenvalue weighted by Gasteiger charge is -2.35. The van der Waals surface area contributed by atoms with Gasteiger partial charge in [0.1, 0.15) is 6.23 Å². The van der Waals surface area contributed by atoms with Crippen molar-refractivity contribution in [1.29, 1.82) is 0 Å². The lowest BCUT2D eigenvalue weighted by molar-refractivity contribution is -0.130. The van der Waals surface area contributed by atoms with E-state index in [9.17, 15) is 15.0 Å². The molecule has 5 heteroatoms. The van der Waals surface area contributed by atoms with Crippen LogP contribution in [0.4, 0.5) is 0 Å². The third-order valence-corrected chi connectivity index (χ3v) is 2.63. The van der Waals surface area contributed by atoms with E-state index in [0.29, 0.717) is 13.0 Å². The molecule has 76 valence electrons. The lowest BCUT2D eigenvalue weighted by atomic mass is 9.83. The Balaban J connectivity index is 2.67. The van der Waals surface area contributed by atoms with E-state index >= 15 is 0 Å². The zero-order valence-corrected chi connectivity index (χ0v) is 7.60. The fourth-order valence-corrected chi connectivity index (χ4v) is 1.71. The number of aliphatic hydroxyl groups excluding tert-OH is 2. The Bertz CT molecular complexity index is 188. The number of rotatable bonds is 2. The highest BCUT2D eigenvalue weighted by Gasteiger charge is 2.37. The largest absolute Gasteiger partial charge is 0.393 e. The van der Waals surface area contributed by atoms with Crippen molar-refractivity contribution in [2.75, 3.05) is 6.54 Å². The topological polar surface area (TPSA) is 95.6 Å². The maximum atomic E-state index is 10.9. The molecule has 1 amide bonds. The lowest BCUT2D eigenvalue weighted by Crippen LogP contribution is -2.53. The van der Waals surface area contributed by atoms with Crippen molar-refractivity contribution in [3.63, 3.8) is 0 Å². The number of hydrogen-bond acceptors (Lipinski definition) is 4. The molecule has 4 unspecified atom stereocenters. The molecular weight excluding hydrogens is 172 g/mol. The standard InChI is InChI=1S/C8H16N2O3/c1-4(7(9)12)6-5(11)2-3-10-8(6)13/h4-6,8,10-11,13H,2-3H2,1H3,(H2,9,12). The van der Waals surface area contributed by atoms with Gasteiger partial charge in [0.2, 0.25) is 5.91 Å². The van der Waals surface area contributed by atoms with E-state index in [4.69, 9.17) is 5.73 Å². The van der Waals surface area contributed by atoms with Crippen LogP contribution >= 0.6 is 0 Å². The molecule has 13 heavy (non-hydrogen) atoms. The summed E-state index contributed by atoms with van der Waals surface area (Å²) in [5.41, 5.74) is 5.10. The summed E-state index contributed by atoms with van der Waals surface area (Å²) < 4.78 is 0. The quantitative estimate of drug-likeness (QED) is 0.419. The van der Waals surface area contributed by atoms with Gasteiger partial charge in [0, 0.05) is 11.8 Å². The number of aliphatic hydroxyl groups is 2. The average molecular weight is 188 g/mol. The summed E-state index contributed by atoms with van der Waals surface area (Å²) in [6.07, 6.45) is -0.954. The first-order valence-electron chi connectivity index (χ1n) is 4.43. The third kappa shape index (κ3) is 2.18. The van der Waals surface area contributed by atoms with Gasteiger partial charge in [0.15, 0.2) is 0 Å². The summed E-state index contributed by atoms with van der Waals surface area (Å²) in [5.74, 6) is -1.50. The molecule has 1 fully saturated rings. The Kier molecular flexibility index (Phi) is 3.24. The van der Waals surface area contributed by atoms with Crippen molar-refractivity contribution in [2.24, 2.45) is 17.6 Å². The molecule has 0 bridgehead atoms. The zero-order chi connectivity index (χ0) is 10.0. The van der Waals surface area contributed by atoms with Gasteiger partial charge in [-0.2, -0.15) is 0 Å². The van der Waals surface area contributed by atoms with Gasteiger partial charge in [0.25, 0.3) is 0 Å². The van der Waals surface area contributed by atoms with Crippen molar-refractivity contribution < 1.29 is 15.0 Å². The van der Waals surface area contributed by atoms with Crippen LogP contribution in [0.2, 0.25) is 0 Å². The molecule has 1 saturated heterocycles. The number of primary amides is 1. The minimum atomic E-state index is -0.841. The van der Waals surface area contributed by atoms with Gasteiger partial charge in [-0.15, -0.1) is 0 Å². The average Bonchev–Trinajstić information content (AvgIpc) is 2.03. The van der Waals surface area contributed by atoms with Crippen LogP contribution in [0.25, 0.3) is 0 Å². The van der Waals surface area contributed by atoms with Crippen molar-refractivity contribution in [2.45, 2.75) is 25.7 Å². The summed E-state index contributed by atoms with van der Waals surface area (Å²) >= 11 is 0. The first-order valence-corrected chi connectivity index (χ1v) is 4.43. The van der Waals surface area contributed by atoms with Crippen molar-refractivity contribution in [3.05, 3.63) is 0 Å². The smallest absolute Gasteiger partial charge is 0.220 e. The zero-order valence-electron chi connectivity index (χ0n) is 7.60. The SMILES string of the molecule is CC(C(N)=O)C1C(O)CCNC1O. The second kappa shape index (κ2) is 4.04. The summed E-state index contributed by atoms with van der Waals surface area (Å²) in [7, 11) is 0. The minimum absolute atomic E-state index is 0.494. The molecule has 5 nitrogen and oxygen atoms in total. The number of hydrogen-bond donors (Lipinski definition) is 4. The molecular formula is C8H16N2O3. The van der Waals surface area contributed by atoms with E-state index < -0.39 is 30.1 Å². The maximum Gasteiger partial charge on any atom is 0.220 e. The Morgan fingerprint density at radius 3 is 2.69 bits per heavy atom. The summed E-state index contributed by atoms with van der Waals surface area (Å²) in [4.78, 5) is 10.9. The molecule has 0 aromatic heterocycles. The number of carbonyl (C=O) groups is 1. The van der Waals surface area contributed by atoms with E-state index in [0.717, 1.165) is 0 Å². The van der Waals surface area contributed by atoms with Gasteiger partial charge in [-0.25, -0.2) is 0 Å². The van der Waals surface area contributed by atoms with E-state index in [-0.39, 0.29) is 0 Å². The Morgan fingerprint density at radius 1 is 1.62 bits per heavy atom. The summed E-state index contributed by atoms with van der Waals surface area (Å²) in [5, 5.41) is 21.8. The van der Waals surface area contributed by atoms with Crippen LogP contribution in [-0.4, -0.2) is 35.0 Å². The number of nitrogens with one attached hydrogen (secondary N) is 1. The van der Waals surface area contributed by atoms with Crippen LogP contribution < -0.4 is 11.1 Å². The highest BCUT2D eigenvalue weighted by atomic mass is 16.3. The van der Waals surface area contributed by atoms with Crippen molar-refractivity contribution >= 4 is 5.91 Å². The molecule has 0 aromatic carbocycles. The van der Waals surface area contributed by atoms with E-state index in [1.807, 2.05) is 0 Å². The van der Waals surface area contributed by atoms with E-state index in [1.165, 1.54) is 0 Å². The number of carbonyl (C=O) groups excluding carboxylic acids is 1. The molecule has 1 heterocycles. The third-order valence-electron chi connectivity index (χ3n) is 2.63. The number of piperidine rings is 1. The predicted molar refractivity (Wildman–Crippen MR) is 46.5 cm³/mol. The Morgan fingerprint density at radius 2 is 2.23 bits per heavy atom. The fraction of sp³-hybridized carbons (Fsp3) is 0.875. The van der Waals surface area contributed by atoms with Gasteiger partial charge in [0.05, 0.1) is 6.10 Å². The van der Waals surface area contributed by atoms with Crippen LogP contribution in [-0.2, 0) is 4.79 Å². The molecule has 4 atom stereocenters. The maximum absolute atomic E-state index is 10.9. The van der Waals surface area contributed by atoms with Crippen LogP contribution in [0.1, 0.15) is 13.3 Å². The highest BCUT2D eigenvalue weighted by Crippen LogP contribution is 2.23. The molecule has 5 N–H and O–H groups in total. The molecule has 1 rings (SSSR count). The van der Waals surface area contributed by atoms with E-state index in [2.05, 4.69) is 5.32 Å². The molecule has 0 spiro atoms. The predicted octanol–water partition coefficient (Wildman–Crippen LogP) is -1.60. The summed E-state index contributed by atoms with van der Waals surface area (Å²) in [6, 6.07) is 0. The van der Waals surface area contributed by atoms with Crippen molar-refractivity contribution in [3.8, 4) is 0 Å². The van der Waals surface area contributed by atoms with Gasteiger partial charge in [-0.3, -0.25) is 10.1 Å². The molecule has 1 aliphatic rings. The second-order valence-corrected chi connectivity index (χ2v) is 3.52. The Hall–Kier alpha value is -0.650. The highest BCUT2D eigenvalue weighted by molar-refractivity contribution is 5.76. The van der Waals surface area contributed by atoms with Gasteiger partial charge in [-0.1, -0.05) is 6.92 Å². The summed E-state index contributed by atoms with van der Waals surface area (Å²) in [6.45, 7) is 2.18. The molecule has 0 saturated carbocycles. The molecule has 0 radical (unpaired) electrons. The van der Waals surface area contributed by atoms with Crippen LogP contribution in [0, 0.1) is 11.8 Å². The molecule has 0 aromatic rings. The normalized spacial score (nSPS) is 37.0. The first kappa shape index (κ1) is 10.4. The van der Waals surface area contributed by atoms with Gasteiger partial charge >= 0.3 is 0 Å². The number of nitrogens with two attached hydrogens (primary N) is 1.